The summed E-state index contributed by atoms with van der Waals surface area (Å²) < 4.78 is 6.44. The van der Waals surface area contributed by atoms with Gasteiger partial charge < -0.3 is 14.9 Å². The van der Waals surface area contributed by atoms with E-state index in [2.05, 4.69) is 27.7 Å². The molecule has 1 heterocycles. The average molecular weight is 419 g/mol. The lowest BCUT2D eigenvalue weighted by molar-refractivity contribution is 0.0515. The third-order valence-corrected chi connectivity index (χ3v) is 7.11. The van der Waals surface area contributed by atoms with Crippen molar-refractivity contribution in [2.24, 2.45) is 17.8 Å². The van der Waals surface area contributed by atoms with Crippen LogP contribution in [0.15, 0.2) is 12.1 Å². The highest BCUT2D eigenvalue weighted by Gasteiger charge is 2.32. The van der Waals surface area contributed by atoms with Crippen LogP contribution in [0.1, 0.15) is 103 Å². The number of aliphatic hydroxyl groups excluding tert-OH is 1. The van der Waals surface area contributed by atoms with Crippen molar-refractivity contribution in [2.75, 3.05) is 6.61 Å². The molecule has 0 saturated heterocycles. The van der Waals surface area contributed by atoms with Gasteiger partial charge in [0.1, 0.15) is 17.1 Å². The van der Waals surface area contributed by atoms with E-state index in [1.165, 1.54) is 44.9 Å². The smallest absolute Gasteiger partial charge is 0.126 e. The third kappa shape index (κ3) is 8.13. The summed E-state index contributed by atoms with van der Waals surface area (Å²) in [5.74, 6) is 3.39. The Kier molecular flexibility index (Phi) is 10.0. The molecule has 3 heteroatoms. The van der Waals surface area contributed by atoms with Crippen LogP contribution >= 0.6 is 0 Å². The lowest BCUT2D eigenvalue weighted by atomic mass is 9.85. The normalized spacial score (nSPS) is 21.5. The highest BCUT2D eigenvalue weighted by atomic mass is 16.5. The number of rotatable bonds is 13. The lowest BCUT2D eigenvalue weighted by Gasteiger charge is -2.37. The Morgan fingerprint density at radius 2 is 1.50 bits per heavy atom. The largest absolute Gasteiger partial charge is 0.508 e. The van der Waals surface area contributed by atoms with Crippen molar-refractivity contribution in [3.63, 3.8) is 0 Å². The second kappa shape index (κ2) is 12.0. The van der Waals surface area contributed by atoms with Gasteiger partial charge in [-0.2, -0.15) is 0 Å². The number of phenolic OH excluding ortho intramolecular Hbond substituents is 1. The monoisotopic (exact) mass is 418 g/mol. The van der Waals surface area contributed by atoms with Gasteiger partial charge in [-0.3, -0.25) is 0 Å². The van der Waals surface area contributed by atoms with E-state index in [0.29, 0.717) is 18.3 Å². The highest BCUT2D eigenvalue weighted by molar-refractivity contribution is 5.47. The fourth-order valence-electron chi connectivity index (χ4n) is 4.86. The first-order chi connectivity index (χ1) is 14.2. The molecule has 1 aliphatic rings. The van der Waals surface area contributed by atoms with Gasteiger partial charge in [0.2, 0.25) is 0 Å². The Morgan fingerprint density at radius 3 is 2.10 bits per heavy atom. The minimum Gasteiger partial charge on any atom is -0.508 e. The van der Waals surface area contributed by atoms with Crippen molar-refractivity contribution in [1.82, 2.24) is 0 Å². The van der Waals surface area contributed by atoms with Gasteiger partial charge in [-0.15, -0.1) is 0 Å². The number of aromatic hydroxyl groups is 1. The van der Waals surface area contributed by atoms with Gasteiger partial charge >= 0.3 is 0 Å². The average Bonchev–Trinajstić information content (AvgIpc) is 2.68. The standard InChI is InChI=1S/C27H46O3/c1-20(11-7-12-22(3)19-28)9-6-10-21(2)13-8-15-27(5)16-14-24-18-25(29)17-23(4)26(24)30-27/h17-18,20-22,28-29H,6-16,19H2,1-5H3/t20-,21+,22?,27+/m0/s1. The molecular weight excluding hydrogens is 372 g/mol. The van der Waals surface area contributed by atoms with Crippen LogP contribution in [0.2, 0.25) is 0 Å². The van der Waals surface area contributed by atoms with Crippen molar-refractivity contribution in [2.45, 2.75) is 111 Å². The SMILES string of the molecule is Cc1cc(O)cc2c1O[C@](C)(CCC[C@H](C)CCC[C@H](C)CCCC(C)CO)CC2. The minimum atomic E-state index is -0.0747. The number of ether oxygens (including phenoxy) is 1. The zero-order valence-corrected chi connectivity index (χ0v) is 20.2. The maximum atomic E-state index is 9.82. The van der Waals surface area contributed by atoms with Gasteiger partial charge in [0.05, 0.1) is 0 Å². The van der Waals surface area contributed by atoms with Crippen LogP contribution in [0.5, 0.6) is 11.5 Å². The first kappa shape index (κ1) is 25.0. The maximum Gasteiger partial charge on any atom is 0.126 e. The topological polar surface area (TPSA) is 49.7 Å². The quantitative estimate of drug-likeness (QED) is 0.356. The molecule has 1 aliphatic heterocycles. The summed E-state index contributed by atoms with van der Waals surface area (Å²) in [6.07, 6.45) is 13.3. The van der Waals surface area contributed by atoms with E-state index < -0.39 is 0 Å². The molecule has 0 radical (unpaired) electrons. The number of phenols is 1. The van der Waals surface area contributed by atoms with Gasteiger partial charge in [-0.1, -0.05) is 59.3 Å². The number of aryl methyl sites for hydroxylation is 2. The van der Waals surface area contributed by atoms with E-state index in [1.54, 1.807) is 6.07 Å². The van der Waals surface area contributed by atoms with E-state index in [9.17, 15) is 5.11 Å². The predicted molar refractivity (Wildman–Crippen MR) is 126 cm³/mol. The molecule has 2 rings (SSSR count). The van der Waals surface area contributed by atoms with Crippen molar-refractivity contribution < 1.29 is 14.9 Å². The van der Waals surface area contributed by atoms with E-state index >= 15 is 0 Å². The van der Waals surface area contributed by atoms with E-state index in [0.717, 1.165) is 54.4 Å². The van der Waals surface area contributed by atoms with Gasteiger partial charge in [0.15, 0.2) is 0 Å². The summed E-state index contributed by atoms with van der Waals surface area (Å²) in [4.78, 5) is 0. The molecule has 0 aliphatic carbocycles. The van der Waals surface area contributed by atoms with Crippen molar-refractivity contribution >= 4 is 0 Å². The molecule has 30 heavy (non-hydrogen) atoms. The van der Waals surface area contributed by atoms with E-state index in [1.807, 2.05) is 13.0 Å². The Bertz CT molecular complexity index is 641. The molecule has 172 valence electrons. The zero-order valence-electron chi connectivity index (χ0n) is 20.2. The van der Waals surface area contributed by atoms with Crippen LogP contribution < -0.4 is 4.74 Å². The first-order valence-electron chi connectivity index (χ1n) is 12.3. The summed E-state index contributed by atoms with van der Waals surface area (Å²) in [5.41, 5.74) is 2.12. The second-order valence-corrected chi connectivity index (χ2v) is 10.6. The van der Waals surface area contributed by atoms with Crippen molar-refractivity contribution in [3.8, 4) is 11.5 Å². The Balaban J connectivity index is 1.63. The molecule has 1 unspecified atom stereocenters. The maximum absolute atomic E-state index is 9.82. The summed E-state index contributed by atoms with van der Waals surface area (Å²) in [6.45, 7) is 11.5. The second-order valence-electron chi connectivity index (χ2n) is 10.6. The van der Waals surface area contributed by atoms with Gasteiger partial charge in [-0.05, 0) is 87.0 Å². The summed E-state index contributed by atoms with van der Waals surface area (Å²) >= 11 is 0. The molecular formula is C27H46O3. The fourth-order valence-corrected chi connectivity index (χ4v) is 4.86. The minimum absolute atomic E-state index is 0.0747. The number of benzene rings is 1. The highest BCUT2D eigenvalue weighted by Crippen LogP contribution is 2.40. The first-order valence-corrected chi connectivity index (χ1v) is 12.3. The summed E-state index contributed by atoms with van der Waals surface area (Å²) in [5, 5.41) is 18.9. The third-order valence-electron chi connectivity index (χ3n) is 7.11. The molecule has 0 spiro atoms. The molecule has 0 aromatic heterocycles. The van der Waals surface area contributed by atoms with Gasteiger partial charge in [-0.25, -0.2) is 0 Å². The van der Waals surface area contributed by atoms with Crippen LogP contribution in [-0.4, -0.2) is 22.4 Å². The number of hydrogen-bond donors (Lipinski definition) is 2. The summed E-state index contributed by atoms with van der Waals surface area (Å²) in [6, 6.07) is 3.67. The van der Waals surface area contributed by atoms with E-state index in [-0.39, 0.29) is 5.60 Å². The van der Waals surface area contributed by atoms with Crippen LogP contribution in [0.4, 0.5) is 0 Å². The van der Waals surface area contributed by atoms with Gasteiger partial charge in [0.25, 0.3) is 0 Å². The number of fused-ring (bicyclic) bond motifs is 1. The van der Waals surface area contributed by atoms with Crippen LogP contribution in [-0.2, 0) is 6.42 Å². The Hall–Kier alpha value is -1.22. The molecule has 1 aromatic rings. The lowest BCUT2D eigenvalue weighted by Crippen LogP contribution is -2.36. The Labute approximate surface area is 185 Å². The van der Waals surface area contributed by atoms with Crippen LogP contribution in [0, 0.1) is 24.7 Å². The molecule has 0 amide bonds. The van der Waals surface area contributed by atoms with E-state index in [4.69, 9.17) is 9.84 Å². The predicted octanol–water partition coefficient (Wildman–Crippen LogP) is 7.20. The van der Waals surface area contributed by atoms with Gasteiger partial charge in [0, 0.05) is 6.61 Å². The van der Waals surface area contributed by atoms with Crippen molar-refractivity contribution in [1.29, 1.82) is 0 Å². The zero-order chi connectivity index (χ0) is 22.1. The number of aliphatic hydroxyl groups is 1. The molecule has 1 aromatic carbocycles. The molecule has 0 saturated carbocycles. The molecule has 2 N–H and O–H groups in total. The fraction of sp³-hybridized carbons (Fsp3) is 0.778. The van der Waals surface area contributed by atoms with Crippen molar-refractivity contribution in [3.05, 3.63) is 23.3 Å². The Morgan fingerprint density at radius 1 is 0.933 bits per heavy atom. The molecule has 0 bridgehead atoms. The van der Waals surface area contributed by atoms with Crippen LogP contribution in [0.3, 0.4) is 0 Å². The van der Waals surface area contributed by atoms with Crippen LogP contribution in [0.25, 0.3) is 0 Å². The summed E-state index contributed by atoms with van der Waals surface area (Å²) in [7, 11) is 0. The molecule has 3 nitrogen and oxygen atoms in total. The molecule has 0 fully saturated rings. The number of hydrogen-bond acceptors (Lipinski definition) is 3. The molecule has 4 atom stereocenters.